The van der Waals surface area contributed by atoms with Crippen LogP contribution in [0.15, 0.2) is 0 Å². The van der Waals surface area contributed by atoms with Gasteiger partial charge in [0.15, 0.2) is 0 Å². The van der Waals surface area contributed by atoms with Gasteiger partial charge >= 0.3 is 0 Å². The topological polar surface area (TPSA) is 21.3 Å². The molecule has 0 amide bonds. The lowest BCUT2D eigenvalue weighted by Crippen LogP contribution is -2.28. The van der Waals surface area contributed by atoms with Crippen molar-refractivity contribution in [2.24, 2.45) is 11.8 Å². The molecule has 0 aromatic rings. The first-order valence-corrected chi connectivity index (χ1v) is 6.02. The summed E-state index contributed by atoms with van der Waals surface area (Å²) in [6, 6.07) is 0. The summed E-state index contributed by atoms with van der Waals surface area (Å²) >= 11 is 0. The van der Waals surface area contributed by atoms with Crippen molar-refractivity contribution in [2.45, 2.75) is 46.1 Å². The van der Waals surface area contributed by atoms with Crippen LogP contribution in [0.2, 0.25) is 0 Å². The van der Waals surface area contributed by atoms with E-state index in [2.05, 4.69) is 26.1 Å². The third kappa shape index (κ3) is 4.43. The van der Waals surface area contributed by atoms with E-state index in [4.69, 9.17) is 4.74 Å². The number of hydrogen-bond acceptors (Lipinski definition) is 2. The molecule has 1 fully saturated rings. The number of rotatable bonds is 5. The molecular formula is C12H25NO. The Labute approximate surface area is 88.4 Å². The van der Waals surface area contributed by atoms with Crippen molar-refractivity contribution in [2.75, 3.05) is 19.7 Å². The van der Waals surface area contributed by atoms with Crippen molar-refractivity contribution in [1.29, 1.82) is 0 Å². The van der Waals surface area contributed by atoms with Gasteiger partial charge in [0.05, 0.1) is 6.10 Å². The van der Waals surface area contributed by atoms with Gasteiger partial charge in [0, 0.05) is 6.61 Å². The fraction of sp³-hybridized carbons (Fsp3) is 1.00. The lowest BCUT2D eigenvalue weighted by molar-refractivity contribution is 0.0259. The Kier molecular flexibility index (Phi) is 5.49. The lowest BCUT2D eigenvalue weighted by Gasteiger charge is -2.24. The fourth-order valence-corrected chi connectivity index (χ4v) is 1.78. The summed E-state index contributed by atoms with van der Waals surface area (Å²) in [5.41, 5.74) is 0. The van der Waals surface area contributed by atoms with Crippen LogP contribution in [0.1, 0.15) is 40.0 Å². The average molecular weight is 199 g/mol. The molecule has 1 saturated heterocycles. The first-order chi connectivity index (χ1) is 6.70. The summed E-state index contributed by atoms with van der Waals surface area (Å²) < 4.78 is 5.79. The summed E-state index contributed by atoms with van der Waals surface area (Å²) in [6.07, 6.45) is 4.33. The first kappa shape index (κ1) is 12.0. The highest BCUT2D eigenvalue weighted by Gasteiger charge is 2.13. The van der Waals surface area contributed by atoms with Gasteiger partial charge in [0.25, 0.3) is 0 Å². The molecule has 0 spiro atoms. The molecule has 2 heteroatoms. The zero-order valence-corrected chi connectivity index (χ0v) is 9.88. The van der Waals surface area contributed by atoms with E-state index in [1.807, 2.05) is 0 Å². The van der Waals surface area contributed by atoms with Gasteiger partial charge in [-0.25, -0.2) is 0 Å². The molecule has 2 nitrogen and oxygen atoms in total. The number of piperidine rings is 1. The zero-order chi connectivity index (χ0) is 10.4. The summed E-state index contributed by atoms with van der Waals surface area (Å²) in [5.74, 6) is 1.54. The highest BCUT2D eigenvalue weighted by Crippen LogP contribution is 2.16. The lowest BCUT2D eigenvalue weighted by atomic mass is 9.95. The number of ether oxygens (including phenoxy) is 1. The normalized spacial score (nSPS) is 21.4. The third-order valence-electron chi connectivity index (χ3n) is 3.30. The van der Waals surface area contributed by atoms with E-state index in [0.717, 1.165) is 12.5 Å². The molecular weight excluding hydrogens is 174 g/mol. The van der Waals surface area contributed by atoms with E-state index in [9.17, 15) is 0 Å². The van der Waals surface area contributed by atoms with E-state index in [0.29, 0.717) is 12.0 Å². The number of nitrogens with one attached hydrogen (secondary N) is 1. The van der Waals surface area contributed by atoms with Gasteiger partial charge in [-0.15, -0.1) is 0 Å². The second-order valence-corrected chi connectivity index (χ2v) is 4.80. The minimum atomic E-state index is 0.414. The third-order valence-corrected chi connectivity index (χ3v) is 3.30. The minimum Gasteiger partial charge on any atom is -0.378 e. The van der Waals surface area contributed by atoms with Crippen LogP contribution in [0.4, 0.5) is 0 Å². The van der Waals surface area contributed by atoms with Gasteiger partial charge in [-0.1, -0.05) is 13.8 Å². The molecule has 0 aromatic carbocycles. The van der Waals surface area contributed by atoms with Crippen molar-refractivity contribution in [1.82, 2.24) is 5.32 Å². The Morgan fingerprint density at radius 1 is 1.21 bits per heavy atom. The highest BCUT2D eigenvalue weighted by atomic mass is 16.5. The van der Waals surface area contributed by atoms with Crippen molar-refractivity contribution < 1.29 is 4.74 Å². The Morgan fingerprint density at radius 3 is 2.43 bits per heavy atom. The molecule has 1 rings (SSSR count). The van der Waals surface area contributed by atoms with Gasteiger partial charge in [0.1, 0.15) is 0 Å². The average Bonchev–Trinajstić information content (AvgIpc) is 2.19. The Balaban J connectivity index is 2.02. The standard InChI is InChI=1S/C12H25NO/c1-10(2)11(3)14-9-6-12-4-7-13-8-5-12/h10-13H,4-9H2,1-3H3. The molecule has 84 valence electrons. The quantitative estimate of drug-likeness (QED) is 0.734. The van der Waals surface area contributed by atoms with Crippen LogP contribution < -0.4 is 5.32 Å². The van der Waals surface area contributed by atoms with Crippen molar-refractivity contribution in [3.63, 3.8) is 0 Å². The van der Waals surface area contributed by atoms with Crippen LogP contribution in [0.5, 0.6) is 0 Å². The molecule has 1 unspecified atom stereocenters. The zero-order valence-electron chi connectivity index (χ0n) is 9.88. The molecule has 1 heterocycles. The predicted molar refractivity (Wildman–Crippen MR) is 60.5 cm³/mol. The SMILES string of the molecule is CC(C)C(C)OCCC1CCNCC1. The summed E-state index contributed by atoms with van der Waals surface area (Å²) in [7, 11) is 0. The van der Waals surface area contributed by atoms with Gasteiger partial charge in [-0.05, 0) is 51.1 Å². The Hall–Kier alpha value is -0.0800. The van der Waals surface area contributed by atoms with Crippen LogP contribution in [-0.2, 0) is 4.74 Å². The van der Waals surface area contributed by atoms with E-state index in [-0.39, 0.29) is 0 Å². The molecule has 0 aromatic heterocycles. The second kappa shape index (κ2) is 6.41. The summed E-state index contributed by atoms with van der Waals surface area (Å²) in [6.45, 7) is 9.95. The molecule has 14 heavy (non-hydrogen) atoms. The molecule has 1 aliphatic rings. The van der Waals surface area contributed by atoms with Crippen molar-refractivity contribution in [3.8, 4) is 0 Å². The largest absolute Gasteiger partial charge is 0.378 e. The molecule has 1 atom stereocenters. The van der Waals surface area contributed by atoms with Crippen LogP contribution in [0.3, 0.4) is 0 Å². The smallest absolute Gasteiger partial charge is 0.0569 e. The molecule has 1 aliphatic heterocycles. The van der Waals surface area contributed by atoms with Crippen molar-refractivity contribution in [3.05, 3.63) is 0 Å². The molecule has 0 aliphatic carbocycles. The van der Waals surface area contributed by atoms with E-state index >= 15 is 0 Å². The van der Waals surface area contributed by atoms with Crippen LogP contribution >= 0.6 is 0 Å². The molecule has 0 radical (unpaired) electrons. The maximum Gasteiger partial charge on any atom is 0.0569 e. The summed E-state index contributed by atoms with van der Waals surface area (Å²) in [4.78, 5) is 0. The maximum atomic E-state index is 5.79. The molecule has 0 bridgehead atoms. The van der Waals surface area contributed by atoms with Gasteiger partial charge in [-0.2, -0.15) is 0 Å². The highest BCUT2D eigenvalue weighted by molar-refractivity contribution is 4.68. The van der Waals surface area contributed by atoms with E-state index in [1.54, 1.807) is 0 Å². The predicted octanol–water partition coefficient (Wildman–Crippen LogP) is 2.44. The number of hydrogen-bond donors (Lipinski definition) is 1. The molecule has 0 saturated carbocycles. The minimum absolute atomic E-state index is 0.414. The van der Waals surface area contributed by atoms with Crippen LogP contribution in [0, 0.1) is 11.8 Å². The maximum absolute atomic E-state index is 5.79. The van der Waals surface area contributed by atoms with E-state index in [1.165, 1.54) is 32.4 Å². The van der Waals surface area contributed by atoms with E-state index < -0.39 is 0 Å². The van der Waals surface area contributed by atoms with Crippen LogP contribution in [0.25, 0.3) is 0 Å². The Bertz CT molecular complexity index is 141. The van der Waals surface area contributed by atoms with Crippen LogP contribution in [-0.4, -0.2) is 25.8 Å². The van der Waals surface area contributed by atoms with Gasteiger partial charge < -0.3 is 10.1 Å². The Morgan fingerprint density at radius 2 is 1.86 bits per heavy atom. The molecule has 1 N–H and O–H groups in total. The summed E-state index contributed by atoms with van der Waals surface area (Å²) in [5, 5.41) is 3.39. The second-order valence-electron chi connectivity index (χ2n) is 4.80. The fourth-order valence-electron chi connectivity index (χ4n) is 1.78. The first-order valence-electron chi connectivity index (χ1n) is 6.02. The monoisotopic (exact) mass is 199 g/mol. The van der Waals surface area contributed by atoms with Gasteiger partial charge in [-0.3, -0.25) is 0 Å². The van der Waals surface area contributed by atoms with Gasteiger partial charge in [0.2, 0.25) is 0 Å². The van der Waals surface area contributed by atoms with Crippen molar-refractivity contribution >= 4 is 0 Å².